The molecule has 2 N–H and O–H groups in total. The molecule has 0 bridgehead atoms. The maximum Gasteiger partial charge on any atom is 0.764 e. The fraction of sp³-hybridized carbons (Fsp3) is 1.00. The van der Waals surface area contributed by atoms with E-state index in [2.05, 4.69) is 0 Å². The third-order valence-electron chi connectivity index (χ3n) is 2.11. The molecule has 0 fully saturated rings. The van der Waals surface area contributed by atoms with Crippen molar-refractivity contribution in [2.45, 2.75) is 39.2 Å². The van der Waals surface area contributed by atoms with Crippen molar-refractivity contribution in [1.29, 1.82) is 0 Å². The predicted molar refractivity (Wildman–Crippen MR) is 49.3 cm³/mol. The molecule has 0 aliphatic rings. The Morgan fingerprint density at radius 2 is 2.08 bits per heavy atom. The van der Waals surface area contributed by atoms with Crippen molar-refractivity contribution < 1.29 is 18.8 Å². The predicted octanol–water partition coefficient (Wildman–Crippen LogP) is 0.598. The monoisotopic (exact) mass is 206 g/mol. The van der Waals surface area contributed by atoms with Gasteiger partial charge in [0, 0.05) is 12.5 Å². The van der Waals surface area contributed by atoms with E-state index in [1.165, 1.54) is 0 Å². The van der Waals surface area contributed by atoms with Crippen molar-refractivity contribution >= 4 is 9.17 Å². The van der Waals surface area contributed by atoms with Gasteiger partial charge >= 0.3 is 9.17 Å². The Hall–Kier alpha value is -0.423. The van der Waals surface area contributed by atoms with Gasteiger partial charge in [0.2, 0.25) is 0 Å². The molecule has 13 heavy (non-hydrogen) atoms. The highest BCUT2D eigenvalue weighted by Crippen LogP contribution is 2.16. The topological polar surface area (TPSA) is 66.8 Å². The van der Waals surface area contributed by atoms with E-state index >= 15 is 0 Å². The van der Waals surface area contributed by atoms with Crippen molar-refractivity contribution in [1.82, 2.24) is 0 Å². The molecule has 0 saturated carbocycles. The molecule has 0 spiro atoms. The van der Waals surface area contributed by atoms with Gasteiger partial charge in [-0.15, -0.1) is 0 Å². The normalized spacial score (nSPS) is 15.0. The van der Waals surface area contributed by atoms with Gasteiger partial charge in [0.25, 0.3) is 0 Å². The summed E-state index contributed by atoms with van der Waals surface area (Å²) in [6.45, 7) is 3.92. The van der Waals surface area contributed by atoms with Crippen LogP contribution in [0.1, 0.15) is 33.1 Å². The van der Waals surface area contributed by atoms with Gasteiger partial charge in [-0.25, -0.2) is 0 Å². The molecule has 0 aromatic heterocycles. The molecule has 2 atom stereocenters. The first kappa shape index (κ1) is 12.6. The first-order chi connectivity index (χ1) is 6.15. The minimum Gasteiger partial charge on any atom is -0.511 e. The van der Waals surface area contributed by atoms with E-state index in [1.54, 1.807) is 0 Å². The second kappa shape index (κ2) is 7.03. The van der Waals surface area contributed by atoms with Crippen LogP contribution in [-0.4, -0.2) is 31.8 Å². The van der Waals surface area contributed by atoms with E-state index in [4.69, 9.17) is 14.3 Å². The molecule has 0 amide bonds. The molecule has 78 valence electrons. The van der Waals surface area contributed by atoms with Gasteiger partial charge < -0.3 is 14.3 Å². The fourth-order valence-electron chi connectivity index (χ4n) is 1.31. The summed E-state index contributed by atoms with van der Waals surface area (Å²) in [5.74, 6) is -0.0268. The van der Waals surface area contributed by atoms with Crippen LogP contribution in [0.4, 0.5) is 0 Å². The Balaban J connectivity index is 4.11. The second-order valence-electron chi connectivity index (χ2n) is 3.06. The summed E-state index contributed by atoms with van der Waals surface area (Å²) >= 11 is 0. The Kier molecular flexibility index (Phi) is 6.80. The van der Waals surface area contributed by atoms with E-state index in [9.17, 15) is 4.46 Å². The molecule has 0 aliphatic carbocycles. The summed E-state index contributed by atoms with van der Waals surface area (Å²) in [5, 5.41) is 8.98. The Bertz CT molecular complexity index is 147. The minimum absolute atomic E-state index is 0.0102. The molecule has 0 rings (SSSR count). The summed E-state index contributed by atoms with van der Waals surface area (Å²) < 4.78 is 15.4. The van der Waals surface area contributed by atoms with Crippen LogP contribution in [0.15, 0.2) is 0 Å². The zero-order valence-corrected chi connectivity index (χ0v) is 9.19. The van der Waals surface area contributed by atoms with Gasteiger partial charge in [0.1, 0.15) is 0 Å². The van der Waals surface area contributed by atoms with Crippen LogP contribution in [-0.2, 0) is 8.89 Å². The van der Waals surface area contributed by atoms with E-state index in [-0.39, 0.29) is 18.6 Å². The number of hydrogen-bond donors (Lipinski definition) is 2. The summed E-state index contributed by atoms with van der Waals surface area (Å²) in [7, 11) is -2.88. The van der Waals surface area contributed by atoms with Crippen LogP contribution in [0.5, 0.6) is 0 Å². The van der Waals surface area contributed by atoms with Gasteiger partial charge in [-0.3, -0.25) is 4.46 Å². The smallest absolute Gasteiger partial charge is 0.511 e. The highest BCUT2D eigenvalue weighted by molar-refractivity contribution is 6.24. The Morgan fingerprint density at radius 3 is 2.38 bits per heavy atom. The lowest BCUT2D eigenvalue weighted by molar-refractivity contribution is 0.0536. The fourth-order valence-corrected chi connectivity index (χ4v) is 1.88. The molecule has 5 heteroatoms. The van der Waals surface area contributed by atoms with Gasteiger partial charge in [-0.2, -0.15) is 0 Å². The number of aliphatic hydroxyl groups is 1. The van der Waals surface area contributed by atoms with E-state index in [0.717, 1.165) is 19.3 Å². The SMILES string of the molecule is CCCC(O[Si](=O)O)C(CC)CO. The number of aliphatic hydroxyl groups excluding tert-OH is 1. The Labute approximate surface area is 80.4 Å². The largest absolute Gasteiger partial charge is 0.764 e. The third-order valence-corrected chi connectivity index (χ3v) is 2.61. The quantitative estimate of drug-likeness (QED) is 0.599. The minimum atomic E-state index is -2.88. The lowest BCUT2D eigenvalue weighted by Gasteiger charge is -2.23. The Morgan fingerprint density at radius 1 is 1.46 bits per heavy atom. The molecule has 0 heterocycles. The average Bonchev–Trinajstić information content (AvgIpc) is 2.05. The molecule has 0 aliphatic heterocycles. The van der Waals surface area contributed by atoms with Crippen LogP contribution in [0, 0.1) is 5.92 Å². The van der Waals surface area contributed by atoms with E-state index in [1.807, 2.05) is 13.8 Å². The summed E-state index contributed by atoms with van der Waals surface area (Å²) in [6, 6.07) is 0. The van der Waals surface area contributed by atoms with Crippen molar-refractivity contribution in [2.75, 3.05) is 6.61 Å². The zero-order chi connectivity index (χ0) is 10.3. The van der Waals surface area contributed by atoms with Gasteiger partial charge in [-0.1, -0.05) is 20.3 Å². The zero-order valence-electron chi connectivity index (χ0n) is 8.19. The molecular formula is C8H18O4Si. The lowest BCUT2D eigenvalue weighted by Crippen LogP contribution is -2.29. The van der Waals surface area contributed by atoms with Crippen molar-refractivity contribution in [3.63, 3.8) is 0 Å². The lowest BCUT2D eigenvalue weighted by atomic mass is 9.97. The number of rotatable bonds is 7. The third kappa shape index (κ3) is 5.00. The molecule has 2 unspecified atom stereocenters. The molecule has 0 aromatic rings. The molecule has 0 saturated heterocycles. The first-order valence-corrected chi connectivity index (χ1v) is 5.92. The number of hydrogen-bond acceptors (Lipinski definition) is 3. The van der Waals surface area contributed by atoms with Crippen LogP contribution < -0.4 is 0 Å². The molecule has 0 aromatic carbocycles. The molecule has 4 nitrogen and oxygen atoms in total. The van der Waals surface area contributed by atoms with Crippen LogP contribution >= 0.6 is 0 Å². The van der Waals surface area contributed by atoms with Gasteiger partial charge in [0.15, 0.2) is 0 Å². The molecule has 0 radical (unpaired) electrons. The van der Waals surface area contributed by atoms with Crippen molar-refractivity contribution in [3.05, 3.63) is 0 Å². The highest BCUT2D eigenvalue weighted by Gasteiger charge is 2.23. The standard InChI is InChI=1S/C8H18O4Si/c1-3-5-8(12-13(10)11)7(4-2)6-9/h7-10H,3-6H2,1-2H3. The van der Waals surface area contributed by atoms with Gasteiger partial charge in [0.05, 0.1) is 6.10 Å². The summed E-state index contributed by atoms with van der Waals surface area (Å²) in [5.41, 5.74) is 0. The van der Waals surface area contributed by atoms with Crippen LogP contribution in [0.3, 0.4) is 0 Å². The summed E-state index contributed by atoms with van der Waals surface area (Å²) in [6.07, 6.45) is 2.08. The van der Waals surface area contributed by atoms with Crippen molar-refractivity contribution in [3.8, 4) is 0 Å². The average molecular weight is 206 g/mol. The highest BCUT2D eigenvalue weighted by atomic mass is 28.3. The molecular weight excluding hydrogens is 188 g/mol. The van der Waals surface area contributed by atoms with E-state index < -0.39 is 9.17 Å². The maximum atomic E-state index is 10.5. The van der Waals surface area contributed by atoms with Crippen LogP contribution in [0.25, 0.3) is 0 Å². The summed E-state index contributed by atoms with van der Waals surface area (Å²) in [4.78, 5) is 8.63. The van der Waals surface area contributed by atoms with E-state index in [0.29, 0.717) is 0 Å². The van der Waals surface area contributed by atoms with Crippen LogP contribution in [0.2, 0.25) is 0 Å². The van der Waals surface area contributed by atoms with Crippen molar-refractivity contribution in [2.24, 2.45) is 5.92 Å². The second-order valence-corrected chi connectivity index (χ2v) is 3.83. The van der Waals surface area contributed by atoms with Gasteiger partial charge in [-0.05, 0) is 12.8 Å². The maximum absolute atomic E-state index is 10.5. The first-order valence-electron chi connectivity index (χ1n) is 4.66.